The number of nitrogens with zero attached hydrogens (tertiary/aromatic N) is 1. The zero-order chi connectivity index (χ0) is 23.5. The van der Waals surface area contributed by atoms with Gasteiger partial charge in [-0.25, -0.2) is 9.78 Å². The third-order valence-corrected chi connectivity index (χ3v) is 6.90. The molecule has 0 saturated carbocycles. The van der Waals surface area contributed by atoms with E-state index in [1.807, 2.05) is 79.7 Å². The molecule has 0 aliphatic carbocycles. The molecule has 0 amide bonds. The standard InChI is InChI=1S/C28H23NO4S/c1-18-24-15-23(13-14-26(24)34-27(18)28(30)31-2)32-16-19-7-11-22(12-8-19)33-17-21-10-9-20-5-3-4-6-25(20)29-21/h3-15H,16-17H2,1-2H3. The number of para-hydroxylation sites is 1. The lowest BCUT2D eigenvalue weighted by molar-refractivity contribution is 0.0605. The Morgan fingerprint density at radius 2 is 1.65 bits per heavy atom. The van der Waals surface area contributed by atoms with Gasteiger partial charge in [-0.15, -0.1) is 11.3 Å². The maximum atomic E-state index is 11.9. The number of thiophene rings is 1. The molecule has 0 unspecified atom stereocenters. The number of esters is 1. The van der Waals surface area contributed by atoms with Crippen molar-refractivity contribution in [3.8, 4) is 11.5 Å². The van der Waals surface area contributed by atoms with Crippen molar-refractivity contribution in [2.75, 3.05) is 7.11 Å². The number of rotatable bonds is 7. The van der Waals surface area contributed by atoms with Gasteiger partial charge < -0.3 is 14.2 Å². The van der Waals surface area contributed by atoms with Crippen molar-refractivity contribution in [3.05, 3.63) is 101 Å². The maximum Gasteiger partial charge on any atom is 0.348 e. The van der Waals surface area contributed by atoms with E-state index < -0.39 is 0 Å². The molecule has 34 heavy (non-hydrogen) atoms. The van der Waals surface area contributed by atoms with Crippen LogP contribution >= 0.6 is 11.3 Å². The minimum atomic E-state index is -0.306. The number of aryl methyl sites for hydroxylation is 1. The van der Waals surface area contributed by atoms with Crippen molar-refractivity contribution in [2.45, 2.75) is 20.1 Å². The van der Waals surface area contributed by atoms with E-state index in [4.69, 9.17) is 14.2 Å². The molecule has 0 aliphatic rings. The smallest absolute Gasteiger partial charge is 0.348 e. The minimum Gasteiger partial charge on any atom is -0.489 e. The third kappa shape index (κ3) is 4.58. The van der Waals surface area contributed by atoms with Crippen LogP contribution in [0.25, 0.3) is 21.0 Å². The normalized spacial score (nSPS) is 11.0. The summed E-state index contributed by atoms with van der Waals surface area (Å²) in [5, 5.41) is 2.13. The predicted octanol–water partition coefficient (Wildman–Crippen LogP) is 6.70. The molecule has 0 aliphatic heterocycles. The molecule has 0 radical (unpaired) electrons. The lowest BCUT2D eigenvalue weighted by Gasteiger charge is -2.09. The van der Waals surface area contributed by atoms with E-state index in [-0.39, 0.29) is 5.97 Å². The lowest BCUT2D eigenvalue weighted by Crippen LogP contribution is -1.99. The zero-order valence-corrected chi connectivity index (χ0v) is 19.7. The van der Waals surface area contributed by atoms with Gasteiger partial charge in [0.25, 0.3) is 0 Å². The fourth-order valence-electron chi connectivity index (χ4n) is 3.77. The molecule has 6 heteroatoms. The van der Waals surface area contributed by atoms with Crippen LogP contribution in [0.3, 0.4) is 0 Å². The second-order valence-corrected chi connectivity index (χ2v) is 8.97. The monoisotopic (exact) mass is 469 g/mol. The first-order valence-corrected chi connectivity index (χ1v) is 11.7. The molecule has 5 nitrogen and oxygen atoms in total. The van der Waals surface area contributed by atoms with Crippen LogP contribution in [0.2, 0.25) is 0 Å². The van der Waals surface area contributed by atoms with Gasteiger partial charge in [-0.3, -0.25) is 0 Å². The fourth-order valence-corrected chi connectivity index (χ4v) is 4.88. The number of aromatic nitrogens is 1. The molecule has 170 valence electrons. The van der Waals surface area contributed by atoms with Gasteiger partial charge in [-0.2, -0.15) is 0 Å². The second-order valence-electron chi connectivity index (χ2n) is 7.92. The van der Waals surface area contributed by atoms with E-state index in [1.165, 1.54) is 18.4 Å². The molecular weight excluding hydrogens is 446 g/mol. The quantitative estimate of drug-likeness (QED) is 0.248. The van der Waals surface area contributed by atoms with E-state index >= 15 is 0 Å². The highest BCUT2D eigenvalue weighted by Crippen LogP contribution is 2.34. The average Bonchev–Trinajstić information content (AvgIpc) is 3.22. The SMILES string of the molecule is COC(=O)c1sc2ccc(OCc3ccc(OCc4ccc5ccccc5n4)cc3)cc2c1C. The van der Waals surface area contributed by atoms with Crippen molar-refractivity contribution in [3.63, 3.8) is 0 Å². The average molecular weight is 470 g/mol. The van der Waals surface area contributed by atoms with Crippen molar-refractivity contribution in [1.82, 2.24) is 4.98 Å². The summed E-state index contributed by atoms with van der Waals surface area (Å²) in [6.45, 7) is 2.78. The van der Waals surface area contributed by atoms with Crippen molar-refractivity contribution in [1.29, 1.82) is 0 Å². The summed E-state index contributed by atoms with van der Waals surface area (Å²) in [6, 6.07) is 25.8. The molecule has 0 fully saturated rings. The molecule has 0 atom stereocenters. The Balaban J connectivity index is 1.20. The lowest BCUT2D eigenvalue weighted by atomic mass is 10.1. The maximum absolute atomic E-state index is 11.9. The number of benzene rings is 3. The van der Waals surface area contributed by atoms with Gasteiger partial charge in [0.1, 0.15) is 29.6 Å². The van der Waals surface area contributed by atoms with Crippen LogP contribution in [0.5, 0.6) is 11.5 Å². The van der Waals surface area contributed by atoms with Crippen molar-refractivity contribution >= 4 is 38.3 Å². The van der Waals surface area contributed by atoms with E-state index in [0.717, 1.165) is 49.3 Å². The van der Waals surface area contributed by atoms with E-state index in [9.17, 15) is 4.79 Å². The highest BCUT2D eigenvalue weighted by molar-refractivity contribution is 7.21. The number of carbonyl (C=O) groups is 1. The first-order valence-electron chi connectivity index (χ1n) is 10.9. The first-order chi connectivity index (χ1) is 16.6. The molecule has 5 aromatic rings. The number of hydrogen-bond donors (Lipinski definition) is 0. The Morgan fingerprint density at radius 1 is 0.882 bits per heavy atom. The van der Waals surface area contributed by atoms with E-state index in [2.05, 4.69) is 11.1 Å². The largest absolute Gasteiger partial charge is 0.489 e. The van der Waals surface area contributed by atoms with Crippen LogP contribution in [0.4, 0.5) is 0 Å². The Morgan fingerprint density at radius 3 is 2.47 bits per heavy atom. The van der Waals surface area contributed by atoms with Gasteiger partial charge in [0, 0.05) is 10.1 Å². The number of pyridine rings is 1. The molecule has 3 aromatic carbocycles. The first kappa shape index (κ1) is 21.9. The topological polar surface area (TPSA) is 57.7 Å². The Kier molecular flexibility index (Phi) is 6.14. The van der Waals surface area contributed by atoms with Crippen LogP contribution in [0, 0.1) is 6.92 Å². The van der Waals surface area contributed by atoms with Gasteiger partial charge in [0.2, 0.25) is 0 Å². The van der Waals surface area contributed by atoms with Crippen LogP contribution in [-0.4, -0.2) is 18.1 Å². The summed E-state index contributed by atoms with van der Waals surface area (Å²) >= 11 is 1.44. The van der Waals surface area contributed by atoms with Gasteiger partial charge in [-0.1, -0.05) is 36.4 Å². The minimum absolute atomic E-state index is 0.306. The third-order valence-electron chi connectivity index (χ3n) is 5.65. The fraction of sp³-hybridized carbons (Fsp3) is 0.143. The molecule has 2 heterocycles. The number of hydrogen-bond acceptors (Lipinski definition) is 6. The van der Waals surface area contributed by atoms with Crippen molar-refractivity contribution in [2.24, 2.45) is 0 Å². The molecule has 0 saturated heterocycles. The highest BCUT2D eigenvalue weighted by atomic mass is 32.1. The molecule has 0 spiro atoms. The molecule has 0 bridgehead atoms. The molecule has 0 N–H and O–H groups in total. The number of fused-ring (bicyclic) bond motifs is 2. The van der Waals surface area contributed by atoms with Crippen LogP contribution < -0.4 is 9.47 Å². The van der Waals surface area contributed by atoms with Gasteiger partial charge >= 0.3 is 5.97 Å². The molecule has 2 aromatic heterocycles. The Hall–Kier alpha value is -3.90. The van der Waals surface area contributed by atoms with E-state index in [1.54, 1.807) is 0 Å². The number of carbonyl (C=O) groups excluding carboxylic acids is 1. The van der Waals surface area contributed by atoms with Crippen LogP contribution in [0.15, 0.2) is 78.9 Å². The van der Waals surface area contributed by atoms with Gasteiger partial charge in [-0.05, 0) is 65.9 Å². The van der Waals surface area contributed by atoms with Crippen LogP contribution in [-0.2, 0) is 18.0 Å². The summed E-state index contributed by atoms with van der Waals surface area (Å²) in [5.74, 6) is 1.23. The van der Waals surface area contributed by atoms with E-state index in [0.29, 0.717) is 18.1 Å². The molecule has 5 rings (SSSR count). The summed E-state index contributed by atoms with van der Waals surface area (Å²) in [7, 11) is 1.40. The second kappa shape index (κ2) is 9.53. The van der Waals surface area contributed by atoms with Gasteiger partial charge in [0.15, 0.2) is 0 Å². The van der Waals surface area contributed by atoms with Crippen LogP contribution in [0.1, 0.15) is 26.5 Å². The number of ether oxygens (including phenoxy) is 3. The highest BCUT2D eigenvalue weighted by Gasteiger charge is 2.16. The predicted molar refractivity (Wildman–Crippen MR) is 135 cm³/mol. The van der Waals surface area contributed by atoms with Gasteiger partial charge in [0.05, 0.1) is 18.3 Å². The summed E-state index contributed by atoms with van der Waals surface area (Å²) < 4.78 is 17.8. The Bertz CT molecular complexity index is 1470. The number of methoxy groups -OCH3 is 1. The summed E-state index contributed by atoms with van der Waals surface area (Å²) in [6.07, 6.45) is 0. The summed E-state index contributed by atoms with van der Waals surface area (Å²) in [5.41, 5.74) is 3.81. The molecular formula is C28H23NO4S. The Labute approximate surface area is 201 Å². The van der Waals surface area contributed by atoms with Crippen molar-refractivity contribution < 1.29 is 19.0 Å². The zero-order valence-electron chi connectivity index (χ0n) is 18.9. The summed E-state index contributed by atoms with van der Waals surface area (Å²) in [4.78, 5) is 17.2.